The molecule has 0 aliphatic heterocycles. The van der Waals surface area contributed by atoms with Crippen molar-refractivity contribution in [2.75, 3.05) is 0 Å². The Kier molecular flexibility index (Phi) is 8.06. The van der Waals surface area contributed by atoms with Crippen molar-refractivity contribution in [1.29, 1.82) is 0 Å². The average Bonchev–Trinajstić information content (AvgIpc) is 2.42. The molecule has 0 unspecified atom stereocenters. The van der Waals surface area contributed by atoms with Crippen LogP contribution in [0.5, 0.6) is 0 Å². The topological polar surface area (TPSA) is 57.2 Å². The monoisotopic (exact) mass is 330 g/mol. The Balaban J connectivity index is 0.00000220. The Labute approximate surface area is 169 Å². The van der Waals surface area contributed by atoms with E-state index in [-0.39, 0.29) is 56.3 Å². The van der Waals surface area contributed by atoms with Crippen LogP contribution in [0.2, 0.25) is 0 Å². The van der Waals surface area contributed by atoms with Gasteiger partial charge in [0.2, 0.25) is 0 Å². The Morgan fingerprint density at radius 2 is 1.62 bits per heavy atom. The molecule has 0 bridgehead atoms. The molecule has 3 nitrogen and oxygen atoms in total. The van der Waals surface area contributed by atoms with Gasteiger partial charge in [-0.15, -0.1) is 0 Å². The van der Waals surface area contributed by atoms with Gasteiger partial charge >= 0.3 is 51.4 Å². The van der Waals surface area contributed by atoms with E-state index in [1.54, 1.807) is 12.1 Å². The maximum absolute atomic E-state index is 11.3. The van der Waals surface area contributed by atoms with E-state index in [1.807, 2.05) is 18.2 Å². The van der Waals surface area contributed by atoms with Crippen molar-refractivity contribution in [3.63, 3.8) is 0 Å². The zero-order valence-corrected chi connectivity index (χ0v) is 16.6. The molecule has 0 atom stereocenters. The summed E-state index contributed by atoms with van der Waals surface area (Å²) in [6.07, 6.45) is 5.58. The number of fused-ring (bicyclic) bond motifs is 1. The van der Waals surface area contributed by atoms with Gasteiger partial charge in [0.1, 0.15) is 10.1 Å². The van der Waals surface area contributed by atoms with Crippen LogP contribution in [0.1, 0.15) is 38.2 Å². The normalized spacial score (nSPS) is 11.3. The molecule has 0 aromatic heterocycles. The minimum atomic E-state index is -4.43. The summed E-state index contributed by atoms with van der Waals surface area (Å²) in [7, 11) is -4.43. The standard InChI is InChI=1S/C16H20O3S.K/c1-2-3-4-5-8-13-9-6-11-15-14(13)10-7-12-16(15)20(17,18)19;/h6-7,9-12H,2-5,8H2,1H3,(H,17,18,19);/q;+1/p-1. The van der Waals surface area contributed by atoms with Gasteiger partial charge in [0.15, 0.2) is 0 Å². The molecule has 108 valence electrons. The maximum atomic E-state index is 11.3. The number of aryl methyl sites for hydroxylation is 1. The minimum absolute atomic E-state index is 0. The van der Waals surface area contributed by atoms with Crippen molar-refractivity contribution in [3.8, 4) is 0 Å². The fourth-order valence-corrected chi connectivity index (χ4v) is 3.22. The Morgan fingerprint density at radius 3 is 2.29 bits per heavy atom. The van der Waals surface area contributed by atoms with Crippen LogP contribution < -0.4 is 51.4 Å². The molecular weight excluding hydrogens is 311 g/mol. The Bertz CT molecular complexity index is 696. The van der Waals surface area contributed by atoms with Crippen molar-refractivity contribution >= 4 is 20.9 Å². The van der Waals surface area contributed by atoms with E-state index in [0.29, 0.717) is 5.39 Å². The van der Waals surface area contributed by atoms with Gasteiger partial charge < -0.3 is 4.55 Å². The van der Waals surface area contributed by atoms with Crippen molar-refractivity contribution in [2.45, 2.75) is 43.9 Å². The van der Waals surface area contributed by atoms with E-state index in [4.69, 9.17) is 0 Å². The Morgan fingerprint density at radius 1 is 0.952 bits per heavy atom. The average molecular weight is 330 g/mol. The second-order valence-corrected chi connectivity index (χ2v) is 6.38. The van der Waals surface area contributed by atoms with Crippen LogP contribution in [0, 0.1) is 0 Å². The second kappa shape index (κ2) is 8.77. The third kappa shape index (κ3) is 5.13. The smallest absolute Gasteiger partial charge is 0.744 e. The molecule has 21 heavy (non-hydrogen) atoms. The van der Waals surface area contributed by atoms with Crippen LogP contribution in [0.3, 0.4) is 0 Å². The summed E-state index contributed by atoms with van der Waals surface area (Å²) in [5.74, 6) is 0. The molecule has 0 N–H and O–H groups in total. The van der Waals surface area contributed by atoms with Gasteiger partial charge in [-0.3, -0.25) is 0 Å². The summed E-state index contributed by atoms with van der Waals surface area (Å²) in [6.45, 7) is 2.17. The zero-order chi connectivity index (χ0) is 14.6. The van der Waals surface area contributed by atoms with Gasteiger partial charge in [-0.05, 0) is 35.2 Å². The fourth-order valence-electron chi connectivity index (χ4n) is 2.52. The van der Waals surface area contributed by atoms with Gasteiger partial charge in [0.05, 0.1) is 4.90 Å². The molecule has 2 aromatic carbocycles. The first-order chi connectivity index (χ1) is 9.54. The van der Waals surface area contributed by atoms with Crippen LogP contribution in [0.4, 0.5) is 0 Å². The number of benzene rings is 2. The van der Waals surface area contributed by atoms with E-state index in [1.165, 1.54) is 25.3 Å². The van der Waals surface area contributed by atoms with Gasteiger partial charge in [-0.2, -0.15) is 0 Å². The zero-order valence-electron chi connectivity index (χ0n) is 12.6. The summed E-state index contributed by atoms with van der Waals surface area (Å²) in [5.41, 5.74) is 1.11. The molecule has 5 heteroatoms. The molecule has 2 rings (SSSR count). The summed E-state index contributed by atoms with van der Waals surface area (Å²) in [5, 5.41) is 1.41. The first kappa shape index (κ1) is 19.3. The predicted octanol–water partition coefficient (Wildman–Crippen LogP) is 0.871. The first-order valence-corrected chi connectivity index (χ1v) is 8.41. The number of hydrogen-bond donors (Lipinski definition) is 0. The largest absolute Gasteiger partial charge is 1.00 e. The molecule has 0 saturated carbocycles. The van der Waals surface area contributed by atoms with E-state index in [0.717, 1.165) is 23.8 Å². The molecule has 0 spiro atoms. The van der Waals surface area contributed by atoms with Gasteiger partial charge in [-0.1, -0.05) is 56.5 Å². The molecule has 0 fully saturated rings. The van der Waals surface area contributed by atoms with E-state index in [2.05, 4.69) is 6.92 Å². The molecule has 0 aliphatic rings. The first-order valence-electron chi connectivity index (χ1n) is 7.00. The third-order valence-electron chi connectivity index (χ3n) is 3.54. The molecule has 0 saturated heterocycles. The van der Waals surface area contributed by atoms with E-state index < -0.39 is 10.1 Å². The van der Waals surface area contributed by atoms with Crippen LogP contribution >= 0.6 is 0 Å². The van der Waals surface area contributed by atoms with Gasteiger partial charge in [-0.25, -0.2) is 8.42 Å². The van der Waals surface area contributed by atoms with Crippen LogP contribution in [-0.4, -0.2) is 13.0 Å². The van der Waals surface area contributed by atoms with Crippen LogP contribution in [-0.2, 0) is 16.5 Å². The van der Waals surface area contributed by atoms with Gasteiger partial charge in [0.25, 0.3) is 0 Å². The molecule has 0 heterocycles. The number of hydrogen-bond acceptors (Lipinski definition) is 3. The summed E-state index contributed by atoms with van der Waals surface area (Å²) in [6, 6.07) is 10.4. The summed E-state index contributed by atoms with van der Waals surface area (Å²) in [4.78, 5) is -0.120. The fraction of sp³-hybridized carbons (Fsp3) is 0.375. The second-order valence-electron chi connectivity index (χ2n) is 5.03. The molecule has 2 aromatic rings. The quantitative estimate of drug-likeness (QED) is 0.449. The number of rotatable bonds is 6. The number of unbranched alkanes of at least 4 members (excludes halogenated alkanes) is 3. The molecular formula is C16H19KO3S. The minimum Gasteiger partial charge on any atom is -0.744 e. The Hall–Kier alpha value is 0.246. The maximum Gasteiger partial charge on any atom is 1.00 e. The van der Waals surface area contributed by atoms with Crippen LogP contribution in [0.25, 0.3) is 10.8 Å². The van der Waals surface area contributed by atoms with Crippen molar-refractivity contribution in [3.05, 3.63) is 42.0 Å². The van der Waals surface area contributed by atoms with Gasteiger partial charge in [0, 0.05) is 0 Å². The summed E-state index contributed by atoms with van der Waals surface area (Å²) < 4.78 is 33.9. The van der Waals surface area contributed by atoms with E-state index in [9.17, 15) is 13.0 Å². The van der Waals surface area contributed by atoms with Crippen molar-refractivity contribution in [2.24, 2.45) is 0 Å². The van der Waals surface area contributed by atoms with E-state index >= 15 is 0 Å². The predicted molar refractivity (Wildman–Crippen MR) is 79.8 cm³/mol. The van der Waals surface area contributed by atoms with Crippen molar-refractivity contribution < 1.29 is 64.4 Å². The molecule has 0 radical (unpaired) electrons. The molecule has 0 aliphatic carbocycles. The summed E-state index contributed by atoms with van der Waals surface area (Å²) >= 11 is 0. The van der Waals surface area contributed by atoms with Crippen LogP contribution in [0.15, 0.2) is 41.3 Å². The SMILES string of the molecule is CCCCCCc1cccc2c(S(=O)(=O)[O-])cccc12.[K+]. The molecule has 0 amide bonds. The third-order valence-corrected chi connectivity index (χ3v) is 4.44. The van der Waals surface area contributed by atoms with Crippen molar-refractivity contribution in [1.82, 2.24) is 0 Å².